The fourth-order valence-corrected chi connectivity index (χ4v) is 5.06. The lowest BCUT2D eigenvalue weighted by Crippen LogP contribution is -2.56. The molecule has 8 nitrogen and oxygen atoms in total. The fourth-order valence-electron chi connectivity index (χ4n) is 5.06. The van der Waals surface area contributed by atoms with Gasteiger partial charge in [0.1, 0.15) is 22.9 Å². The molecule has 2 aromatic heterocycles. The van der Waals surface area contributed by atoms with E-state index in [4.69, 9.17) is 4.74 Å². The van der Waals surface area contributed by atoms with Gasteiger partial charge in [-0.2, -0.15) is 10.4 Å². The lowest BCUT2D eigenvalue weighted by molar-refractivity contribution is -0.146. The molecule has 2 fully saturated rings. The minimum absolute atomic E-state index is 0.0805. The van der Waals surface area contributed by atoms with Crippen LogP contribution in [0.3, 0.4) is 0 Å². The second kappa shape index (κ2) is 9.26. The number of benzene rings is 1. The zero-order valence-electron chi connectivity index (χ0n) is 19.7. The van der Waals surface area contributed by atoms with Gasteiger partial charge >= 0.3 is 0 Å². The van der Waals surface area contributed by atoms with E-state index in [0.29, 0.717) is 35.8 Å². The van der Waals surface area contributed by atoms with Crippen LogP contribution in [0.1, 0.15) is 29.9 Å². The van der Waals surface area contributed by atoms with Gasteiger partial charge in [0.2, 0.25) is 11.8 Å². The number of methoxy groups -OCH3 is 1. The van der Waals surface area contributed by atoms with E-state index in [1.807, 2.05) is 17.2 Å². The van der Waals surface area contributed by atoms with Crippen LogP contribution in [0.4, 0.5) is 0 Å². The molecule has 2 saturated heterocycles. The number of piperidine rings is 1. The summed E-state index contributed by atoms with van der Waals surface area (Å²) in [7, 11) is 1.59. The van der Waals surface area contributed by atoms with E-state index in [9.17, 15) is 14.9 Å². The highest BCUT2D eigenvalue weighted by molar-refractivity contribution is 5.90. The standard InChI is InChI=1S/C27H27N5O3/c1-3-25(33)31-15-23(16-31)27(34)30-10-8-20(9-11-30)18-4-6-19(7-5-18)21-12-24(35-2)26-22(13-28)14-29-32(26)17-21/h3-7,12,14,17,20,23H,1,8-11,15-16H2,2H3. The minimum atomic E-state index is -0.105. The molecule has 0 aliphatic carbocycles. The van der Waals surface area contributed by atoms with E-state index in [-0.39, 0.29) is 17.7 Å². The topological polar surface area (TPSA) is 90.9 Å². The monoisotopic (exact) mass is 469 g/mol. The molecule has 2 amide bonds. The van der Waals surface area contributed by atoms with E-state index < -0.39 is 0 Å². The summed E-state index contributed by atoms with van der Waals surface area (Å²) < 4.78 is 7.21. The molecule has 0 spiro atoms. The quantitative estimate of drug-likeness (QED) is 0.535. The van der Waals surface area contributed by atoms with Crippen LogP contribution in [0.15, 0.2) is 55.4 Å². The van der Waals surface area contributed by atoms with Crippen molar-refractivity contribution in [3.05, 3.63) is 66.5 Å². The molecule has 2 aliphatic rings. The summed E-state index contributed by atoms with van der Waals surface area (Å²) in [5.74, 6) is 0.999. The summed E-state index contributed by atoms with van der Waals surface area (Å²) >= 11 is 0. The summed E-state index contributed by atoms with van der Waals surface area (Å²) in [5.41, 5.74) is 4.41. The van der Waals surface area contributed by atoms with E-state index in [1.54, 1.807) is 22.7 Å². The van der Waals surface area contributed by atoms with Crippen molar-refractivity contribution in [3.8, 4) is 22.9 Å². The first-order chi connectivity index (χ1) is 17.0. The SMILES string of the molecule is C=CC(=O)N1CC(C(=O)N2CCC(c3ccc(-c4cc(OC)c5c(C#N)cnn5c4)cc3)CC2)C1. The predicted octanol–water partition coefficient (Wildman–Crippen LogP) is 3.23. The van der Waals surface area contributed by atoms with E-state index in [0.717, 1.165) is 37.1 Å². The Hall–Kier alpha value is -4.12. The van der Waals surface area contributed by atoms with Crippen LogP contribution in [0, 0.1) is 17.2 Å². The first kappa shape index (κ1) is 22.7. The van der Waals surface area contributed by atoms with Crippen LogP contribution >= 0.6 is 0 Å². The Morgan fingerprint density at radius 1 is 1.14 bits per heavy atom. The number of pyridine rings is 1. The molecule has 178 valence electrons. The zero-order valence-corrected chi connectivity index (χ0v) is 19.7. The predicted molar refractivity (Wildman–Crippen MR) is 131 cm³/mol. The highest BCUT2D eigenvalue weighted by Gasteiger charge is 2.38. The maximum Gasteiger partial charge on any atom is 0.246 e. The van der Waals surface area contributed by atoms with E-state index >= 15 is 0 Å². The molecule has 8 heteroatoms. The highest BCUT2D eigenvalue weighted by atomic mass is 16.5. The number of nitrogens with zero attached hydrogens (tertiary/aromatic N) is 5. The van der Waals surface area contributed by atoms with Gasteiger partial charge in [-0.1, -0.05) is 30.8 Å². The maximum absolute atomic E-state index is 12.8. The minimum Gasteiger partial charge on any atom is -0.494 e. The van der Waals surface area contributed by atoms with Crippen molar-refractivity contribution in [2.45, 2.75) is 18.8 Å². The van der Waals surface area contributed by atoms with Gasteiger partial charge in [-0.3, -0.25) is 9.59 Å². The van der Waals surface area contributed by atoms with Gasteiger partial charge in [0, 0.05) is 37.9 Å². The summed E-state index contributed by atoms with van der Waals surface area (Å²) in [4.78, 5) is 28.0. The number of likely N-dealkylation sites (tertiary alicyclic amines) is 2. The summed E-state index contributed by atoms with van der Waals surface area (Å²) in [6.07, 6.45) is 6.61. The van der Waals surface area contributed by atoms with Crippen LogP contribution < -0.4 is 4.74 Å². The number of ether oxygens (including phenoxy) is 1. The number of fused-ring (bicyclic) bond motifs is 1. The molecule has 0 N–H and O–H groups in total. The Labute approximate surface area is 204 Å². The Morgan fingerprint density at radius 3 is 2.49 bits per heavy atom. The molecule has 0 unspecified atom stereocenters. The van der Waals surface area contributed by atoms with Crippen molar-refractivity contribution in [2.24, 2.45) is 5.92 Å². The Bertz CT molecular complexity index is 1320. The number of hydrogen-bond donors (Lipinski definition) is 0. The average molecular weight is 470 g/mol. The third-order valence-corrected chi connectivity index (χ3v) is 7.16. The summed E-state index contributed by atoms with van der Waals surface area (Å²) in [5, 5.41) is 13.6. The van der Waals surface area contributed by atoms with Crippen molar-refractivity contribution in [1.29, 1.82) is 5.26 Å². The largest absolute Gasteiger partial charge is 0.494 e. The molecule has 0 saturated carbocycles. The number of hydrogen-bond acceptors (Lipinski definition) is 5. The molecular weight excluding hydrogens is 442 g/mol. The second-order valence-electron chi connectivity index (χ2n) is 9.13. The van der Waals surface area contributed by atoms with E-state index in [2.05, 4.69) is 42.0 Å². The van der Waals surface area contributed by atoms with Crippen LogP contribution in [-0.4, -0.2) is 64.5 Å². The number of amides is 2. The van der Waals surface area contributed by atoms with Gasteiger partial charge in [0.05, 0.1) is 19.2 Å². The molecule has 0 atom stereocenters. The van der Waals surface area contributed by atoms with Gasteiger partial charge in [0.25, 0.3) is 0 Å². The van der Waals surface area contributed by atoms with Gasteiger partial charge in [-0.25, -0.2) is 4.52 Å². The van der Waals surface area contributed by atoms with E-state index in [1.165, 1.54) is 11.6 Å². The maximum atomic E-state index is 12.8. The van der Waals surface area contributed by atoms with Crippen LogP contribution in [0.25, 0.3) is 16.6 Å². The molecular formula is C27H27N5O3. The number of aromatic nitrogens is 2. The molecule has 4 heterocycles. The zero-order chi connectivity index (χ0) is 24.5. The Kier molecular flexibility index (Phi) is 6.00. The Morgan fingerprint density at radius 2 is 1.86 bits per heavy atom. The number of rotatable bonds is 5. The molecule has 1 aromatic carbocycles. The molecule has 35 heavy (non-hydrogen) atoms. The summed E-state index contributed by atoms with van der Waals surface area (Å²) in [6, 6.07) is 12.6. The van der Waals surface area contributed by atoms with Gasteiger partial charge in [0.15, 0.2) is 0 Å². The van der Waals surface area contributed by atoms with Gasteiger partial charge in [-0.15, -0.1) is 0 Å². The first-order valence-electron chi connectivity index (χ1n) is 11.8. The summed E-state index contributed by atoms with van der Waals surface area (Å²) in [6.45, 7) is 5.98. The van der Waals surface area contributed by atoms with Gasteiger partial charge in [-0.05, 0) is 42.0 Å². The molecule has 3 aromatic rings. The molecule has 0 bridgehead atoms. The lowest BCUT2D eigenvalue weighted by atomic mass is 9.87. The first-order valence-corrected chi connectivity index (χ1v) is 11.8. The Balaban J connectivity index is 1.23. The molecule has 2 aliphatic heterocycles. The second-order valence-corrected chi connectivity index (χ2v) is 9.13. The highest BCUT2D eigenvalue weighted by Crippen LogP contribution is 2.33. The van der Waals surface area contributed by atoms with Crippen LogP contribution in [-0.2, 0) is 9.59 Å². The normalized spacial score (nSPS) is 16.6. The van der Waals surface area contributed by atoms with Crippen molar-refractivity contribution in [1.82, 2.24) is 19.4 Å². The van der Waals surface area contributed by atoms with Gasteiger partial charge < -0.3 is 14.5 Å². The van der Waals surface area contributed by atoms with Crippen LogP contribution in [0.5, 0.6) is 5.75 Å². The van der Waals surface area contributed by atoms with Crippen molar-refractivity contribution < 1.29 is 14.3 Å². The third-order valence-electron chi connectivity index (χ3n) is 7.16. The molecule has 5 rings (SSSR count). The third kappa shape index (κ3) is 4.14. The number of nitriles is 1. The van der Waals surface area contributed by atoms with Crippen molar-refractivity contribution >= 4 is 17.3 Å². The fraction of sp³-hybridized carbons (Fsp3) is 0.333. The lowest BCUT2D eigenvalue weighted by Gasteiger charge is -2.42. The van der Waals surface area contributed by atoms with Crippen LogP contribution in [0.2, 0.25) is 0 Å². The number of carbonyl (C=O) groups is 2. The molecule has 0 radical (unpaired) electrons. The smallest absolute Gasteiger partial charge is 0.246 e. The number of carbonyl (C=O) groups excluding carboxylic acids is 2. The average Bonchev–Trinajstić information content (AvgIpc) is 3.30. The van der Waals surface area contributed by atoms with Crippen molar-refractivity contribution in [3.63, 3.8) is 0 Å². The van der Waals surface area contributed by atoms with Crippen molar-refractivity contribution in [2.75, 3.05) is 33.3 Å².